The Morgan fingerprint density at radius 3 is 2.63 bits per heavy atom. The molecule has 6 heteroatoms. The maximum atomic E-state index is 12.0. The van der Waals surface area contributed by atoms with Gasteiger partial charge in [-0.15, -0.1) is 0 Å². The van der Waals surface area contributed by atoms with Gasteiger partial charge in [-0.1, -0.05) is 0 Å². The molecule has 6 nitrogen and oxygen atoms in total. The zero-order valence-electron chi connectivity index (χ0n) is 11.3. The van der Waals surface area contributed by atoms with Crippen molar-refractivity contribution in [3.05, 3.63) is 0 Å². The van der Waals surface area contributed by atoms with Gasteiger partial charge in [0.25, 0.3) is 0 Å². The number of Topliss-reactive ketones (excluding diaryl/α,β-unsaturated/α-hetero) is 1. The van der Waals surface area contributed by atoms with E-state index in [2.05, 4.69) is 9.64 Å². The second kappa shape index (κ2) is 6.14. The van der Waals surface area contributed by atoms with Crippen molar-refractivity contribution in [1.29, 1.82) is 0 Å². The fraction of sp³-hybridized carbons (Fsp3) is 0.769. The zero-order chi connectivity index (χ0) is 13.8. The molecule has 2 rings (SSSR count). The van der Waals surface area contributed by atoms with Gasteiger partial charge in [-0.3, -0.25) is 14.4 Å². The second-order valence-corrected chi connectivity index (χ2v) is 5.12. The highest BCUT2D eigenvalue weighted by molar-refractivity contribution is 6.03. The van der Waals surface area contributed by atoms with Gasteiger partial charge in [0.1, 0.15) is 5.92 Å². The molecule has 2 fully saturated rings. The monoisotopic (exact) mass is 268 g/mol. The number of rotatable bonds is 4. The molecule has 19 heavy (non-hydrogen) atoms. The van der Waals surface area contributed by atoms with Gasteiger partial charge in [0.15, 0.2) is 5.78 Å². The van der Waals surface area contributed by atoms with E-state index in [0.29, 0.717) is 6.42 Å². The molecule has 0 spiro atoms. The Bertz CT molecular complexity index is 377. The van der Waals surface area contributed by atoms with Crippen LogP contribution in [-0.2, 0) is 19.1 Å². The van der Waals surface area contributed by atoms with Crippen LogP contribution in [0, 0.1) is 5.92 Å². The molecule has 106 valence electrons. The van der Waals surface area contributed by atoms with Crippen molar-refractivity contribution in [2.45, 2.75) is 19.3 Å². The molecule has 1 unspecified atom stereocenters. The van der Waals surface area contributed by atoms with Crippen molar-refractivity contribution < 1.29 is 19.1 Å². The number of hydrogen-bond donors (Lipinski definition) is 0. The van der Waals surface area contributed by atoms with Crippen molar-refractivity contribution >= 4 is 17.7 Å². The molecule has 0 aliphatic carbocycles. The molecular formula is C13H20N2O4. The SMILES string of the molecule is COC(=O)C1CN(C(=O)CCN2CCCC2)CC1=O. The van der Waals surface area contributed by atoms with Gasteiger partial charge in [-0.05, 0) is 25.9 Å². The highest BCUT2D eigenvalue weighted by Gasteiger charge is 2.38. The zero-order valence-corrected chi connectivity index (χ0v) is 11.3. The lowest BCUT2D eigenvalue weighted by molar-refractivity contribution is -0.147. The molecule has 0 aromatic heterocycles. The summed E-state index contributed by atoms with van der Waals surface area (Å²) in [7, 11) is 1.26. The maximum absolute atomic E-state index is 12.0. The number of nitrogens with zero attached hydrogens (tertiary/aromatic N) is 2. The molecule has 0 aromatic carbocycles. The van der Waals surface area contributed by atoms with Crippen LogP contribution in [0.1, 0.15) is 19.3 Å². The van der Waals surface area contributed by atoms with Crippen LogP contribution in [-0.4, -0.2) is 67.3 Å². The Balaban J connectivity index is 1.80. The van der Waals surface area contributed by atoms with Crippen molar-refractivity contribution in [2.75, 3.05) is 39.8 Å². The van der Waals surface area contributed by atoms with Crippen LogP contribution in [0.4, 0.5) is 0 Å². The minimum absolute atomic E-state index is 0.0403. The summed E-state index contributed by atoms with van der Waals surface area (Å²) in [5, 5.41) is 0. The fourth-order valence-electron chi connectivity index (χ4n) is 2.64. The lowest BCUT2D eigenvalue weighted by atomic mass is 10.1. The van der Waals surface area contributed by atoms with Crippen molar-refractivity contribution in [2.24, 2.45) is 5.92 Å². The number of amides is 1. The molecular weight excluding hydrogens is 248 g/mol. The second-order valence-electron chi connectivity index (χ2n) is 5.12. The first-order valence-corrected chi connectivity index (χ1v) is 6.72. The number of methoxy groups -OCH3 is 1. The third kappa shape index (κ3) is 3.32. The molecule has 1 atom stereocenters. The smallest absolute Gasteiger partial charge is 0.318 e. The van der Waals surface area contributed by atoms with Gasteiger partial charge in [-0.25, -0.2) is 0 Å². The normalized spacial score (nSPS) is 23.9. The van der Waals surface area contributed by atoms with E-state index >= 15 is 0 Å². The third-order valence-corrected chi connectivity index (χ3v) is 3.82. The first-order valence-electron chi connectivity index (χ1n) is 6.72. The number of carbonyl (C=O) groups is 3. The lowest BCUT2D eigenvalue weighted by Crippen LogP contribution is -2.33. The molecule has 0 bridgehead atoms. The van der Waals surface area contributed by atoms with Gasteiger partial charge in [0.05, 0.1) is 13.7 Å². The summed E-state index contributed by atoms with van der Waals surface area (Å²) >= 11 is 0. The third-order valence-electron chi connectivity index (χ3n) is 3.82. The topological polar surface area (TPSA) is 66.9 Å². The summed E-state index contributed by atoms with van der Waals surface area (Å²) in [6.45, 7) is 3.06. The maximum Gasteiger partial charge on any atom is 0.318 e. The number of ether oxygens (including phenoxy) is 1. The molecule has 2 aliphatic heterocycles. The van der Waals surface area contributed by atoms with Crippen LogP contribution >= 0.6 is 0 Å². The average molecular weight is 268 g/mol. The van der Waals surface area contributed by atoms with Gasteiger partial charge in [0.2, 0.25) is 5.91 Å². The van der Waals surface area contributed by atoms with Crippen LogP contribution in [0.2, 0.25) is 0 Å². The van der Waals surface area contributed by atoms with E-state index in [4.69, 9.17) is 0 Å². The summed E-state index contributed by atoms with van der Waals surface area (Å²) in [5.41, 5.74) is 0. The predicted octanol–water partition coefficient (Wildman–Crippen LogP) is -0.327. The largest absolute Gasteiger partial charge is 0.468 e. The Morgan fingerprint density at radius 1 is 1.32 bits per heavy atom. The molecule has 0 saturated carbocycles. The number of esters is 1. The van der Waals surface area contributed by atoms with E-state index < -0.39 is 11.9 Å². The van der Waals surface area contributed by atoms with Crippen LogP contribution in [0.3, 0.4) is 0 Å². The van der Waals surface area contributed by atoms with Gasteiger partial charge < -0.3 is 14.5 Å². The molecule has 1 amide bonds. The van der Waals surface area contributed by atoms with E-state index in [0.717, 1.165) is 19.6 Å². The summed E-state index contributed by atoms with van der Waals surface area (Å²) < 4.78 is 4.57. The lowest BCUT2D eigenvalue weighted by Gasteiger charge is -2.18. The predicted molar refractivity (Wildman–Crippen MR) is 67.4 cm³/mol. The number of ketones is 1. The molecule has 2 heterocycles. The fourth-order valence-corrected chi connectivity index (χ4v) is 2.64. The first-order chi connectivity index (χ1) is 9.11. The molecule has 0 aromatic rings. The van der Waals surface area contributed by atoms with Gasteiger partial charge >= 0.3 is 5.97 Å². The Hall–Kier alpha value is -1.43. The summed E-state index contributed by atoms with van der Waals surface area (Å²) in [5.74, 6) is -1.60. The Labute approximate surface area is 112 Å². The minimum atomic E-state index is -0.791. The quantitative estimate of drug-likeness (QED) is 0.516. The van der Waals surface area contributed by atoms with Crippen LogP contribution in [0.15, 0.2) is 0 Å². The Kier molecular flexibility index (Phi) is 4.52. The molecule has 0 radical (unpaired) electrons. The van der Waals surface area contributed by atoms with Crippen molar-refractivity contribution in [3.63, 3.8) is 0 Å². The van der Waals surface area contributed by atoms with Crippen LogP contribution in [0.25, 0.3) is 0 Å². The molecule has 0 N–H and O–H groups in total. The van der Waals surface area contributed by atoms with E-state index in [1.807, 2.05) is 0 Å². The highest BCUT2D eigenvalue weighted by atomic mass is 16.5. The van der Waals surface area contributed by atoms with Crippen molar-refractivity contribution in [3.8, 4) is 0 Å². The number of hydrogen-bond acceptors (Lipinski definition) is 5. The van der Waals surface area contributed by atoms with Crippen LogP contribution in [0.5, 0.6) is 0 Å². The summed E-state index contributed by atoms with van der Waals surface area (Å²) in [6.07, 6.45) is 2.81. The van der Waals surface area contributed by atoms with Crippen molar-refractivity contribution in [1.82, 2.24) is 9.80 Å². The average Bonchev–Trinajstić information content (AvgIpc) is 3.04. The first kappa shape index (κ1) is 14.0. The molecule has 2 aliphatic rings. The van der Waals surface area contributed by atoms with Gasteiger partial charge in [0, 0.05) is 19.5 Å². The van der Waals surface area contributed by atoms with Gasteiger partial charge in [-0.2, -0.15) is 0 Å². The van der Waals surface area contributed by atoms with Crippen LogP contribution < -0.4 is 0 Å². The van der Waals surface area contributed by atoms with E-state index in [1.54, 1.807) is 0 Å². The number of likely N-dealkylation sites (tertiary alicyclic amines) is 2. The Morgan fingerprint density at radius 2 is 2.00 bits per heavy atom. The van der Waals surface area contributed by atoms with E-state index in [1.165, 1.54) is 24.9 Å². The highest BCUT2D eigenvalue weighted by Crippen LogP contribution is 2.16. The van der Waals surface area contributed by atoms with E-state index in [-0.39, 0.29) is 24.8 Å². The van der Waals surface area contributed by atoms with E-state index in [9.17, 15) is 14.4 Å². The minimum Gasteiger partial charge on any atom is -0.468 e. The summed E-state index contributed by atoms with van der Waals surface area (Å²) in [6, 6.07) is 0. The standard InChI is InChI=1S/C13H20N2O4/c1-19-13(18)10-8-15(9-11(10)16)12(17)4-7-14-5-2-3-6-14/h10H,2-9H2,1H3. The molecule has 2 saturated heterocycles. The number of carbonyl (C=O) groups excluding carboxylic acids is 3. The summed E-state index contributed by atoms with van der Waals surface area (Å²) in [4.78, 5) is 38.7.